The van der Waals surface area contributed by atoms with Gasteiger partial charge in [-0.3, -0.25) is 4.79 Å². The summed E-state index contributed by atoms with van der Waals surface area (Å²) in [7, 11) is 0. The van der Waals surface area contributed by atoms with Gasteiger partial charge in [0.2, 0.25) is 0 Å². The number of hydrogen-bond acceptors (Lipinski definition) is 4. The first-order valence-corrected chi connectivity index (χ1v) is 8.62. The molecule has 0 aliphatic carbocycles. The van der Waals surface area contributed by atoms with Crippen LogP contribution in [0.25, 0.3) is 10.1 Å². The zero-order valence-corrected chi connectivity index (χ0v) is 13.1. The maximum Gasteiger partial charge on any atom is 0.330 e. The van der Waals surface area contributed by atoms with Gasteiger partial charge in [-0.15, -0.1) is 11.3 Å². The molecule has 110 valence electrons. The molecular formula is C15H15NO3S2. The highest BCUT2D eigenvalue weighted by molar-refractivity contribution is 7.99. The molecule has 3 rings (SSSR count). The van der Waals surface area contributed by atoms with Crippen molar-refractivity contribution in [3.05, 3.63) is 34.7 Å². The molecule has 0 spiro atoms. The summed E-state index contributed by atoms with van der Waals surface area (Å²) in [4.78, 5) is 24.7. The minimum atomic E-state index is -1.12. The maximum absolute atomic E-state index is 12.5. The van der Waals surface area contributed by atoms with Gasteiger partial charge in [-0.1, -0.05) is 18.2 Å². The van der Waals surface area contributed by atoms with Crippen LogP contribution in [0.4, 0.5) is 0 Å². The topological polar surface area (TPSA) is 66.4 Å². The maximum atomic E-state index is 12.5. The Morgan fingerprint density at radius 1 is 1.33 bits per heavy atom. The van der Waals surface area contributed by atoms with E-state index in [-0.39, 0.29) is 5.91 Å². The summed E-state index contributed by atoms with van der Waals surface area (Å²) in [5.41, 5.74) is -0.205. The van der Waals surface area contributed by atoms with Gasteiger partial charge in [-0.2, -0.15) is 11.8 Å². The number of hydrogen-bond donors (Lipinski definition) is 2. The van der Waals surface area contributed by atoms with Crippen molar-refractivity contribution in [2.75, 3.05) is 11.5 Å². The molecule has 4 nitrogen and oxygen atoms in total. The molecule has 0 bridgehead atoms. The molecule has 2 heterocycles. The van der Waals surface area contributed by atoms with Crippen LogP contribution in [0.5, 0.6) is 0 Å². The minimum Gasteiger partial charge on any atom is -0.479 e. The van der Waals surface area contributed by atoms with E-state index in [0.29, 0.717) is 17.1 Å². The summed E-state index contributed by atoms with van der Waals surface area (Å²) >= 11 is 2.98. The Kier molecular flexibility index (Phi) is 3.67. The lowest BCUT2D eigenvalue weighted by atomic mass is 9.99. The van der Waals surface area contributed by atoms with Crippen LogP contribution in [0, 0.1) is 6.92 Å². The van der Waals surface area contributed by atoms with Gasteiger partial charge in [0.1, 0.15) is 5.54 Å². The summed E-state index contributed by atoms with van der Waals surface area (Å²) in [6, 6.07) is 7.83. The Bertz CT molecular complexity index is 717. The first kappa shape index (κ1) is 14.4. The van der Waals surface area contributed by atoms with E-state index in [4.69, 9.17) is 0 Å². The summed E-state index contributed by atoms with van der Waals surface area (Å²) in [6.45, 7) is 1.91. The van der Waals surface area contributed by atoms with E-state index < -0.39 is 11.5 Å². The predicted molar refractivity (Wildman–Crippen MR) is 86.3 cm³/mol. The Labute approximate surface area is 130 Å². The van der Waals surface area contributed by atoms with E-state index in [9.17, 15) is 14.7 Å². The van der Waals surface area contributed by atoms with E-state index >= 15 is 0 Å². The third-order valence-electron chi connectivity index (χ3n) is 3.83. The number of fused-ring (bicyclic) bond motifs is 1. The average Bonchev–Trinajstić information content (AvgIpc) is 3.05. The van der Waals surface area contributed by atoms with Crippen LogP contribution in [-0.2, 0) is 4.79 Å². The number of rotatable bonds is 3. The number of thiophene rings is 1. The average molecular weight is 321 g/mol. The third kappa shape index (κ3) is 2.42. The van der Waals surface area contributed by atoms with Gasteiger partial charge in [0.15, 0.2) is 0 Å². The molecule has 2 aromatic rings. The molecule has 0 unspecified atom stereocenters. The van der Waals surface area contributed by atoms with Crippen molar-refractivity contribution in [1.82, 2.24) is 5.32 Å². The fraction of sp³-hybridized carbons (Fsp3) is 0.333. The summed E-state index contributed by atoms with van der Waals surface area (Å²) in [5.74, 6) is -0.0334. The molecule has 21 heavy (non-hydrogen) atoms. The van der Waals surface area contributed by atoms with E-state index in [2.05, 4.69) is 5.32 Å². The third-order valence-corrected chi connectivity index (χ3v) is 6.30. The van der Waals surface area contributed by atoms with Gasteiger partial charge < -0.3 is 10.4 Å². The second-order valence-electron chi connectivity index (χ2n) is 5.20. The van der Waals surface area contributed by atoms with Gasteiger partial charge in [0.25, 0.3) is 5.91 Å². The zero-order valence-electron chi connectivity index (χ0n) is 11.5. The van der Waals surface area contributed by atoms with Gasteiger partial charge in [0.05, 0.1) is 4.88 Å². The summed E-state index contributed by atoms with van der Waals surface area (Å²) in [5, 5.41) is 13.3. The molecule has 1 aliphatic rings. The first-order valence-electron chi connectivity index (χ1n) is 6.65. The highest BCUT2D eigenvalue weighted by atomic mass is 32.2. The van der Waals surface area contributed by atoms with Gasteiger partial charge in [-0.05, 0) is 36.1 Å². The van der Waals surface area contributed by atoms with E-state index in [1.807, 2.05) is 31.2 Å². The molecule has 1 fully saturated rings. The van der Waals surface area contributed by atoms with Crippen LogP contribution < -0.4 is 5.32 Å². The Morgan fingerprint density at radius 3 is 2.71 bits per heavy atom. The summed E-state index contributed by atoms with van der Waals surface area (Å²) < 4.78 is 1.05. The largest absolute Gasteiger partial charge is 0.479 e. The normalized spacial score (nSPS) is 21.6. The number of carbonyl (C=O) groups excluding carboxylic acids is 1. The van der Waals surface area contributed by atoms with Crippen LogP contribution in [0.2, 0.25) is 0 Å². The number of carbonyl (C=O) groups is 2. The highest BCUT2D eigenvalue weighted by Gasteiger charge is 2.43. The van der Waals surface area contributed by atoms with Crippen LogP contribution >= 0.6 is 23.1 Å². The smallest absolute Gasteiger partial charge is 0.330 e. The van der Waals surface area contributed by atoms with Crippen LogP contribution in [0.3, 0.4) is 0 Å². The van der Waals surface area contributed by atoms with E-state index in [1.54, 1.807) is 11.8 Å². The number of aryl methyl sites for hydroxylation is 1. The number of carboxylic acid groups (broad SMARTS) is 1. The zero-order chi connectivity index (χ0) is 15.0. The molecule has 6 heteroatoms. The van der Waals surface area contributed by atoms with Gasteiger partial charge in [-0.25, -0.2) is 4.79 Å². The lowest BCUT2D eigenvalue weighted by Gasteiger charge is -2.24. The monoisotopic (exact) mass is 321 g/mol. The molecule has 1 aromatic heterocycles. The number of amides is 1. The number of thioether (sulfide) groups is 1. The number of carboxylic acids is 1. The standard InChI is InChI=1S/C15H15NO3S2/c1-9-10-4-2-3-5-11(10)21-12(9)13(17)16-15(14(18)19)6-7-20-8-15/h2-5H,6-8H2,1H3,(H,16,17)(H,18,19)/t15-/m1/s1. The fourth-order valence-electron chi connectivity index (χ4n) is 2.55. The lowest BCUT2D eigenvalue weighted by Crippen LogP contribution is -2.54. The Hall–Kier alpha value is -1.53. The molecule has 0 saturated carbocycles. The molecular weight excluding hydrogens is 306 g/mol. The predicted octanol–water partition coefficient (Wildman–Crippen LogP) is 2.90. The fourth-order valence-corrected chi connectivity index (χ4v) is 4.98. The van der Waals surface area contributed by atoms with Crippen molar-refractivity contribution in [2.45, 2.75) is 18.9 Å². The SMILES string of the molecule is Cc1c(C(=O)N[C@]2(C(=O)O)CCSC2)sc2ccccc12. The van der Waals surface area contributed by atoms with Crippen LogP contribution in [0.15, 0.2) is 24.3 Å². The number of aliphatic carboxylic acids is 1. The molecule has 1 aromatic carbocycles. The minimum absolute atomic E-state index is 0.279. The highest BCUT2D eigenvalue weighted by Crippen LogP contribution is 2.33. The molecule has 1 amide bonds. The molecule has 1 aliphatic heterocycles. The van der Waals surface area contributed by atoms with Crippen molar-refractivity contribution in [1.29, 1.82) is 0 Å². The number of nitrogens with one attached hydrogen (secondary N) is 1. The van der Waals surface area contributed by atoms with Gasteiger partial charge >= 0.3 is 5.97 Å². The van der Waals surface area contributed by atoms with Crippen molar-refractivity contribution in [3.63, 3.8) is 0 Å². The second-order valence-corrected chi connectivity index (χ2v) is 7.35. The molecule has 1 saturated heterocycles. The van der Waals surface area contributed by atoms with Crippen LogP contribution in [-0.4, -0.2) is 34.0 Å². The molecule has 1 atom stereocenters. The number of benzene rings is 1. The van der Waals surface area contributed by atoms with Crippen molar-refractivity contribution in [2.24, 2.45) is 0 Å². The van der Waals surface area contributed by atoms with Crippen molar-refractivity contribution in [3.8, 4) is 0 Å². The second kappa shape index (κ2) is 5.35. The Balaban J connectivity index is 1.94. The van der Waals surface area contributed by atoms with E-state index in [0.717, 1.165) is 21.4 Å². The Morgan fingerprint density at radius 2 is 2.10 bits per heavy atom. The quantitative estimate of drug-likeness (QED) is 0.912. The lowest BCUT2D eigenvalue weighted by molar-refractivity contribution is -0.143. The van der Waals surface area contributed by atoms with Gasteiger partial charge in [0, 0.05) is 10.5 Å². The van der Waals surface area contributed by atoms with E-state index in [1.165, 1.54) is 11.3 Å². The van der Waals surface area contributed by atoms with Crippen molar-refractivity contribution < 1.29 is 14.7 Å². The molecule has 0 radical (unpaired) electrons. The summed E-state index contributed by atoms with van der Waals surface area (Å²) in [6.07, 6.45) is 0.475. The van der Waals surface area contributed by atoms with Crippen molar-refractivity contribution >= 4 is 45.1 Å². The first-order chi connectivity index (χ1) is 10.0. The van der Waals surface area contributed by atoms with Crippen LogP contribution in [0.1, 0.15) is 21.7 Å². The molecule has 2 N–H and O–H groups in total.